The minimum atomic E-state index is 0.248. The van der Waals surface area contributed by atoms with E-state index in [1.165, 1.54) is 33.4 Å². The van der Waals surface area contributed by atoms with Gasteiger partial charge in [-0.15, -0.1) is 0 Å². The van der Waals surface area contributed by atoms with Gasteiger partial charge in [-0.2, -0.15) is 0 Å². The predicted octanol–water partition coefficient (Wildman–Crippen LogP) is 7.17. The van der Waals surface area contributed by atoms with Crippen molar-refractivity contribution < 1.29 is 0 Å². The van der Waals surface area contributed by atoms with Crippen molar-refractivity contribution in [3.05, 3.63) is 124 Å². The van der Waals surface area contributed by atoms with Crippen molar-refractivity contribution in [1.82, 2.24) is 0 Å². The van der Waals surface area contributed by atoms with Crippen molar-refractivity contribution >= 4 is 17.5 Å². The van der Waals surface area contributed by atoms with Gasteiger partial charge in [-0.3, -0.25) is 10.8 Å². The van der Waals surface area contributed by atoms with Crippen molar-refractivity contribution in [3.63, 3.8) is 0 Å². The molecule has 0 aromatic heterocycles. The summed E-state index contributed by atoms with van der Waals surface area (Å²) in [5.74, 6) is 0. The highest BCUT2D eigenvalue weighted by atomic mass is 14.5. The Morgan fingerprint density at radius 1 is 0.710 bits per heavy atom. The maximum absolute atomic E-state index is 8.26. The molecule has 0 unspecified atom stereocenters. The minimum Gasteiger partial charge on any atom is -0.298 e. The molecule has 0 radical (unpaired) electrons. The van der Waals surface area contributed by atoms with E-state index < -0.39 is 0 Å². The molecule has 2 nitrogen and oxygen atoms in total. The van der Waals surface area contributed by atoms with Gasteiger partial charge in [0, 0.05) is 11.1 Å². The number of hydrogen-bond acceptors (Lipinski definition) is 2. The molecule has 2 N–H and O–H groups in total. The molecule has 152 valence electrons. The molecule has 0 bridgehead atoms. The first kappa shape index (κ1) is 20.5. The summed E-state index contributed by atoms with van der Waals surface area (Å²) < 4.78 is 0. The lowest BCUT2D eigenvalue weighted by Gasteiger charge is -2.12. The van der Waals surface area contributed by atoms with Gasteiger partial charge in [-0.05, 0) is 48.1 Å². The monoisotopic (exact) mass is 402 g/mol. The highest BCUT2D eigenvalue weighted by Gasteiger charge is 2.18. The van der Waals surface area contributed by atoms with E-state index in [1.807, 2.05) is 61.6 Å². The Bertz CT molecular complexity index is 1240. The molecule has 2 aliphatic rings. The Morgan fingerprint density at radius 2 is 1.29 bits per heavy atom. The lowest BCUT2D eigenvalue weighted by molar-refractivity contribution is 1.25. The third kappa shape index (κ3) is 4.39. The smallest absolute Gasteiger partial charge is 0.0867 e. The van der Waals surface area contributed by atoms with Crippen LogP contribution in [0.4, 0.5) is 0 Å². The second kappa shape index (κ2) is 8.93. The second-order valence-corrected chi connectivity index (χ2v) is 7.85. The molecule has 0 fully saturated rings. The molecule has 4 rings (SSSR count). The van der Waals surface area contributed by atoms with Gasteiger partial charge in [-0.25, -0.2) is 0 Å². The van der Waals surface area contributed by atoms with E-state index in [0.29, 0.717) is 0 Å². The van der Waals surface area contributed by atoms with E-state index in [2.05, 4.69) is 49.4 Å². The molecular formula is C29H26N2. The van der Waals surface area contributed by atoms with Crippen LogP contribution in [0, 0.1) is 17.7 Å². The maximum Gasteiger partial charge on any atom is 0.0867 e. The number of allylic oxidation sites excluding steroid dienone is 11. The largest absolute Gasteiger partial charge is 0.298 e. The first-order chi connectivity index (χ1) is 15.1. The fourth-order valence-corrected chi connectivity index (χ4v) is 3.97. The quantitative estimate of drug-likeness (QED) is 0.336. The molecular weight excluding hydrogens is 376 g/mol. The van der Waals surface area contributed by atoms with Crippen LogP contribution >= 0.6 is 0 Å². The summed E-state index contributed by atoms with van der Waals surface area (Å²) in [5.41, 5.74) is 9.96. The van der Waals surface area contributed by atoms with Crippen LogP contribution < -0.4 is 0 Å². The number of benzene rings is 2. The minimum absolute atomic E-state index is 0.248. The van der Waals surface area contributed by atoms with Crippen LogP contribution in [0.1, 0.15) is 29.2 Å². The van der Waals surface area contributed by atoms with Crippen LogP contribution in [0.15, 0.2) is 102 Å². The van der Waals surface area contributed by atoms with E-state index in [-0.39, 0.29) is 11.4 Å². The molecule has 0 heterocycles. The molecule has 0 saturated carbocycles. The predicted molar refractivity (Wildman–Crippen MR) is 133 cm³/mol. The molecule has 0 saturated heterocycles. The average molecular weight is 403 g/mol. The molecule has 0 amide bonds. The highest BCUT2D eigenvalue weighted by molar-refractivity contribution is 6.53. The third-order valence-corrected chi connectivity index (χ3v) is 5.59. The van der Waals surface area contributed by atoms with E-state index in [9.17, 15) is 0 Å². The number of aryl methyl sites for hydroxylation is 1. The van der Waals surface area contributed by atoms with Crippen LogP contribution in [0.5, 0.6) is 0 Å². The van der Waals surface area contributed by atoms with Gasteiger partial charge >= 0.3 is 0 Å². The Labute approximate surface area is 184 Å². The highest BCUT2D eigenvalue weighted by Crippen LogP contribution is 2.37. The van der Waals surface area contributed by atoms with E-state index in [0.717, 1.165) is 17.6 Å². The molecule has 2 aliphatic carbocycles. The summed E-state index contributed by atoms with van der Waals surface area (Å²) in [4.78, 5) is 0. The van der Waals surface area contributed by atoms with Crippen LogP contribution in [0.2, 0.25) is 0 Å². The summed E-state index contributed by atoms with van der Waals surface area (Å²) in [6.07, 6.45) is 20.3. The SMILES string of the molecule is CC=CC=CC1=CC=C(C=CC=Cc2ccc3c(c2)Cc2cc(C)ccc2-3)C(=N)C1=N. The van der Waals surface area contributed by atoms with Gasteiger partial charge in [0.25, 0.3) is 0 Å². The van der Waals surface area contributed by atoms with Crippen molar-refractivity contribution in [1.29, 1.82) is 10.8 Å². The fourth-order valence-electron chi connectivity index (χ4n) is 3.97. The second-order valence-electron chi connectivity index (χ2n) is 7.85. The van der Waals surface area contributed by atoms with Crippen molar-refractivity contribution in [3.8, 4) is 11.1 Å². The van der Waals surface area contributed by atoms with E-state index >= 15 is 0 Å². The summed E-state index contributed by atoms with van der Waals surface area (Å²) in [6.45, 7) is 4.09. The third-order valence-electron chi connectivity index (χ3n) is 5.59. The normalized spacial score (nSPS) is 15.9. The van der Waals surface area contributed by atoms with Crippen LogP contribution in [-0.4, -0.2) is 11.4 Å². The Kier molecular flexibility index (Phi) is 5.90. The van der Waals surface area contributed by atoms with Gasteiger partial charge in [0.05, 0.1) is 11.4 Å². The van der Waals surface area contributed by atoms with Gasteiger partial charge in [-0.1, -0.05) is 103 Å². The standard InChI is InChI=1S/C29H26N2/c1-3-4-5-9-22-13-14-23(29(31)28(22)30)10-7-6-8-21-12-16-27-25(18-21)19-24-17-20(2)11-15-26(24)27/h3-18,30-31H,19H2,1-2H3. The summed E-state index contributed by atoms with van der Waals surface area (Å²) in [5, 5.41) is 16.5. The lowest BCUT2D eigenvalue weighted by Crippen LogP contribution is -2.18. The van der Waals surface area contributed by atoms with Gasteiger partial charge in [0.2, 0.25) is 0 Å². The molecule has 2 aromatic carbocycles. The van der Waals surface area contributed by atoms with Crippen molar-refractivity contribution in [2.24, 2.45) is 0 Å². The Balaban J connectivity index is 1.46. The fraction of sp³-hybridized carbons (Fsp3) is 0.103. The van der Waals surface area contributed by atoms with Gasteiger partial charge < -0.3 is 0 Å². The zero-order valence-corrected chi connectivity index (χ0v) is 17.9. The molecule has 2 aromatic rings. The lowest BCUT2D eigenvalue weighted by atomic mass is 9.93. The molecule has 2 heteroatoms. The summed E-state index contributed by atoms with van der Waals surface area (Å²) in [7, 11) is 0. The number of rotatable bonds is 5. The number of hydrogen-bond donors (Lipinski definition) is 2. The number of fused-ring (bicyclic) bond motifs is 3. The van der Waals surface area contributed by atoms with Gasteiger partial charge in [0.1, 0.15) is 0 Å². The molecule has 0 atom stereocenters. The molecule has 0 aliphatic heterocycles. The van der Waals surface area contributed by atoms with Gasteiger partial charge in [0.15, 0.2) is 0 Å². The Morgan fingerprint density at radius 3 is 1.97 bits per heavy atom. The first-order valence-electron chi connectivity index (χ1n) is 10.5. The van der Waals surface area contributed by atoms with Crippen LogP contribution in [-0.2, 0) is 6.42 Å². The topological polar surface area (TPSA) is 47.7 Å². The molecule has 31 heavy (non-hydrogen) atoms. The zero-order valence-electron chi connectivity index (χ0n) is 17.9. The maximum atomic E-state index is 8.26. The van der Waals surface area contributed by atoms with E-state index in [1.54, 1.807) is 0 Å². The summed E-state index contributed by atoms with van der Waals surface area (Å²) in [6, 6.07) is 13.3. The van der Waals surface area contributed by atoms with Crippen molar-refractivity contribution in [2.75, 3.05) is 0 Å². The summed E-state index contributed by atoms with van der Waals surface area (Å²) >= 11 is 0. The Hall–Kier alpha value is -3.78. The molecule has 0 spiro atoms. The van der Waals surface area contributed by atoms with Crippen molar-refractivity contribution in [2.45, 2.75) is 20.3 Å². The van der Waals surface area contributed by atoms with Crippen LogP contribution in [0.25, 0.3) is 17.2 Å². The number of nitrogens with one attached hydrogen (secondary N) is 2. The first-order valence-corrected chi connectivity index (χ1v) is 10.5. The van der Waals surface area contributed by atoms with Crippen LogP contribution in [0.3, 0.4) is 0 Å². The average Bonchev–Trinajstić information content (AvgIpc) is 3.12. The zero-order chi connectivity index (χ0) is 21.8. The van der Waals surface area contributed by atoms with E-state index in [4.69, 9.17) is 10.8 Å².